The molecule has 0 aliphatic rings. The van der Waals surface area contributed by atoms with Crippen molar-refractivity contribution in [1.82, 2.24) is 0 Å². The van der Waals surface area contributed by atoms with Crippen molar-refractivity contribution >= 4 is 23.6 Å². The molecule has 0 atom stereocenters. The average Bonchev–Trinajstić information content (AvgIpc) is 2.15. The van der Waals surface area contributed by atoms with Crippen molar-refractivity contribution in [3.8, 4) is 0 Å². The van der Waals surface area contributed by atoms with Crippen molar-refractivity contribution in [3.63, 3.8) is 0 Å². The van der Waals surface area contributed by atoms with Gasteiger partial charge in [-0.2, -0.15) is 0 Å². The third-order valence-electron chi connectivity index (χ3n) is 1.48. The number of primary amides is 1. The van der Waals surface area contributed by atoms with Crippen LogP contribution in [0.3, 0.4) is 0 Å². The second-order valence-corrected chi connectivity index (χ2v) is 3.63. The Bertz CT molecular complexity index is 348. The number of nitrogens with two attached hydrogens (primary N) is 1. The SMILES string of the molecule is NC(=O)CSc1ccc(C(=O)O)cc1. The molecule has 5 heteroatoms. The van der Waals surface area contributed by atoms with E-state index in [1.807, 2.05) is 0 Å². The van der Waals surface area contributed by atoms with Crippen molar-refractivity contribution in [2.75, 3.05) is 5.75 Å². The Morgan fingerprint density at radius 2 is 1.86 bits per heavy atom. The first kappa shape index (κ1) is 10.6. The number of hydrogen-bond donors (Lipinski definition) is 2. The van der Waals surface area contributed by atoms with E-state index in [-0.39, 0.29) is 11.3 Å². The summed E-state index contributed by atoms with van der Waals surface area (Å²) < 4.78 is 0. The highest BCUT2D eigenvalue weighted by Crippen LogP contribution is 2.17. The Morgan fingerprint density at radius 1 is 1.29 bits per heavy atom. The molecule has 1 aromatic carbocycles. The molecule has 0 unspecified atom stereocenters. The molecule has 0 heterocycles. The van der Waals surface area contributed by atoms with E-state index in [1.54, 1.807) is 12.1 Å². The number of carboxylic acids is 1. The van der Waals surface area contributed by atoms with Crippen molar-refractivity contribution < 1.29 is 14.7 Å². The number of carbonyl (C=O) groups excluding carboxylic acids is 1. The number of carboxylic acid groups (broad SMARTS) is 1. The maximum absolute atomic E-state index is 10.5. The molecule has 0 aliphatic heterocycles. The number of aromatic carboxylic acids is 1. The van der Waals surface area contributed by atoms with Gasteiger partial charge < -0.3 is 10.8 Å². The summed E-state index contributed by atoms with van der Waals surface area (Å²) in [6, 6.07) is 6.28. The van der Waals surface area contributed by atoms with E-state index in [1.165, 1.54) is 23.9 Å². The molecule has 1 amide bonds. The molecule has 4 nitrogen and oxygen atoms in total. The zero-order valence-electron chi connectivity index (χ0n) is 7.27. The van der Waals surface area contributed by atoms with Gasteiger partial charge in [0.05, 0.1) is 11.3 Å². The van der Waals surface area contributed by atoms with Crippen LogP contribution in [0.25, 0.3) is 0 Å². The zero-order valence-corrected chi connectivity index (χ0v) is 8.08. The number of rotatable bonds is 4. The zero-order chi connectivity index (χ0) is 10.6. The maximum Gasteiger partial charge on any atom is 0.335 e. The molecule has 14 heavy (non-hydrogen) atoms. The molecule has 0 radical (unpaired) electrons. The molecule has 0 aromatic heterocycles. The number of benzene rings is 1. The van der Waals surface area contributed by atoms with Gasteiger partial charge in [-0.05, 0) is 24.3 Å². The van der Waals surface area contributed by atoms with Gasteiger partial charge >= 0.3 is 5.97 Å². The van der Waals surface area contributed by atoms with Crippen LogP contribution in [0.15, 0.2) is 29.2 Å². The summed E-state index contributed by atoms with van der Waals surface area (Å²) in [6.07, 6.45) is 0. The Kier molecular flexibility index (Phi) is 3.53. The summed E-state index contributed by atoms with van der Waals surface area (Å²) in [5, 5.41) is 8.61. The highest BCUT2D eigenvalue weighted by molar-refractivity contribution is 8.00. The Labute approximate surface area is 85.1 Å². The smallest absolute Gasteiger partial charge is 0.335 e. The number of amides is 1. The Balaban J connectivity index is 2.64. The fraction of sp³-hybridized carbons (Fsp3) is 0.111. The maximum atomic E-state index is 10.5. The van der Waals surface area contributed by atoms with Gasteiger partial charge in [0.25, 0.3) is 0 Å². The van der Waals surface area contributed by atoms with Gasteiger partial charge in [-0.1, -0.05) is 0 Å². The molecular formula is C9H9NO3S. The van der Waals surface area contributed by atoms with Crippen LogP contribution >= 0.6 is 11.8 Å². The van der Waals surface area contributed by atoms with Crippen molar-refractivity contribution in [1.29, 1.82) is 0 Å². The fourth-order valence-corrected chi connectivity index (χ4v) is 1.49. The molecule has 0 saturated heterocycles. The van der Waals surface area contributed by atoms with E-state index >= 15 is 0 Å². The molecule has 0 fully saturated rings. The lowest BCUT2D eigenvalue weighted by molar-refractivity contribution is -0.115. The molecule has 74 valence electrons. The van der Waals surface area contributed by atoms with Crippen LogP contribution in [0.5, 0.6) is 0 Å². The van der Waals surface area contributed by atoms with E-state index < -0.39 is 11.9 Å². The van der Waals surface area contributed by atoms with Crippen LogP contribution in [-0.4, -0.2) is 22.7 Å². The number of hydrogen-bond acceptors (Lipinski definition) is 3. The highest BCUT2D eigenvalue weighted by Gasteiger charge is 2.02. The van der Waals surface area contributed by atoms with Crippen LogP contribution < -0.4 is 5.73 Å². The second kappa shape index (κ2) is 4.66. The second-order valence-electron chi connectivity index (χ2n) is 2.58. The lowest BCUT2D eigenvalue weighted by atomic mass is 10.2. The third kappa shape index (κ3) is 3.10. The molecule has 0 saturated carbocycles. The number of carbonyl (C=O) groups is 2. The normalized spacial score (nSPS) is 9.71. The fourth-order valence-electron chi connectivity index (χ4n) is 0.848. The molecular weight excluding hydrogens is 202 g/mol. The minimum Gasteiger partial charge on any atom is -0.478 e. The molecule has 3 N–H and O–H groups in total. The van der Waals surface area contributed by atoms with Crippen LogP contribution in [0.1, 0.15) is 10.4 Å². The topological polar surface area (TPSA) is 80.4 Å². The minimum atomic E-state index is -0.962. The molecule has 0 aliphatic carbocycles. The van der Waals surface area contributed by atoms with Crippen molar-refractivity contribution in [2.45, 2.75) is 4.90 Å². The van der Waals surface area contributed by atoms with Crippen LogP contribution in [0.2, 0.25) is 0 Å². The summed E-state index contributed by atoms with van der Waals surface area (Å²) >= 11 is 1.28. The van der Waals surface area contributed by atoms with Crippen molar-refractivity contribution in [3.05, 3.63) is 29.8 Å². The van der Waals surface area contributed by atoms with Gasteiger partial charge in [-0.25, -0.2) is 4.79 Å². The molecule has 1 aromatic rings. The predicted molar refractivity (Wildman–Crippen MR) is 53.3 cm³/mol. The van der Waals surface area contributed by atoms with Gasteiger partial charge in [-0.3, -0.25) is 4.79 Å². The van der Waals surface area contributed by atoms with Gasteiger partial charge in [0.1, 0.15) is 0 Å². The lowest BCUT2D eigenvalue weighted by Crippen LogP contribution is -2.12. The molecule has 0 spiro atoms. The first-order valence-electron chi connectivity index (χ1n) is 3.84. The van der Waals surface area contributed by atoms with E-state index in [9.17, 15) is 9.59 Å². The van der Waals surface area contributed by atoms with Gasteiger partial charge in [-0.15, -0.1) is 11.8 Å². The van der Waals surface area contributed by atoms with Gasteiger partial charge in [0, 0.05) is 4.90 Å². The van der Waals surface area contributed by atoms with E-state index in [0.29, 0.717) is 0 Å². The van der Waals surface area contributed by atoms with E-state index in [2.05, 4.69) is 0 Å². The highest BCUT2D eigenvalue weighted by atomic mass is 32.2. The standard InChI is InChI=1S/C9H9NO3S/c10-8(11)5-14-7-3-1-6(2-4-7)9(12)13/h1-4H,5H2,(H2,10,11)(H,12,13). The first-order valence-corrected chi connectivity index (χ1v) is 4.82. The van der Waals surface area contributed by atoms with Crippen LogP contribution in [0.4, 0.5) is 0 Å². The van der Waals surface area contributed by atoms with Crippen molar-refractivity contribution in [2.24, 2.45) is 5.73 Å². The summed E-state index contributed by atoms with van der Waals surface area (Å²) in [4.78, 5) is 21.8. The third-order valence-corrected chi connectivity index (χ3v) is 2.52. The summed E-state index contributed by atoms with van der Waals surface area (Å²) in [6.45, 7) is 0. The van der Waals surface area contributed by atoms with E-state index in [0.717, 1.165) is 4.90 Å². The molecule has 0 bridgehead atoms. The number of thioether (sulfide) groups is 1. The lowest BCUT2D eigenvalue weighted by Gasteiger charge is -1.99. The first-order chi connectivity index (χ1) is 6.59. The summed E-state index contributed by atoms with van der Waals surface area (Å²) in [5.41, 5.74) is 5.19. The minimum absolute atomic E-state index is 0.201. The Morgan fingerprint density at radius 3 is 2.29 bits per heavy atom. The molecule has 1 rings (SSSR count). The Hall–Kier alpha value is -1.49. The summed E-state index contributed by atoms with van der Waals surface area (Å²) in [7, 11) is 0. The average molecular weight is 211 g/mol. The van der Waals surface area contributed by atoms with Crippen LogP contribution in [0, 0.1) is 0 Å². The largest absolute Gasteiger partial charge is 0.478 e. The predicted octanol–water partition coefficient (Wildman–Crippen LogP) is 0.962. The summed E-state index contributed by atoms with van der Waals surface area (Å²) in [5.74, 6) is -1.15. The van der Waals surface area contributed by atoms with Gasteiger partial charge in [0.2, 0.25) is 5.91 Å². The monoisotopic (exact) mass is 211 g/mol. The van der Waals surface area contributed by atoms with Crippen LogP contribution in [-0.2, 0) is 4.79 Å². The van der Waals surface area contributed by atoms with Gasteiger partial charge in [0.15, 0.2) is 0 Å². The van der Waals surface area contributed by atoms with E-state index in [4.69, 9.17) is 10.8 Å². The quantitative estimate of drug-likeness (QED) is 0.727.